The molecule has 0 saturated carbocycles. The van der Waals surface area contributed by atoms with Gasteiger partial charge in [-0.15, -0.1) is 0 Å². The van der Waals surface area contributed by atoms with E-state index in [-0.39, 0.29) is 0 Å². The third-order valence-electron chi connectivity index (χ3n) is 4.32. The third-order valence-corrected chi connectivity index (χ3v) is 4.32. The molecular weight excluding hydrogens is 298 g/mol. The number of ether oxygens (including phenoxy) is 1. The summed E-state index contributed by atoms with van der Waals surface area (Å²) in [7, 11) is 1.71. The number of rotatable bonds is 4. The second-order valence-electron chi connectivity index (χ2n) is 5.67. The Morgan fingerprint density at radius 1 is 1.00 bits per heavy atom. The molecule has 0 aliphatic carbocycles. The van der Waals surface area contributed by atoms with Gasteiger partial charge in [0, 0.05) is 32.3 Å². The predicted molar refractivity (Wildman–Crippen MR) is 96.8 cm³/mol. The third kappa shape index (κ3) is 3.36. The Bertz CT molecular complexity index is 741. The highest BCUT2D eigenvalue weighted by Crippen LogP contribution is 2.29. The van der Waals surface area contributed by atoms with Crippen LogP contribution in [0.5, 0.6) is 5.75 Å². The zero-order chi connectivity index (χ0) is 16.8. The van der Waals surface area contributed by atoms with Crippen molar-refractivity contribution >= 4 is 11.4 Å². The molecule has 1 aliphatic rings. The fraction of sp³-hybridized carbons (Fsp3) is 0.250. The molecular formula is C20H21N3O. The van der Waals surface area contributed by atoms with Crippen molar-refractivity contribution in [3.05, 3.63) is 66.2 Å². The lowest BCUT2D eigenvalue weighted by molar-refractivity contribution is 0.362. The second kappa shape index (κ2) is 7.56. The van der Waals surface area contributed by atoms with Crippen LogP contribution in [-0.4, -0.2) is 38.2 Å². The van der Waals surface area contributed by atoms with Crippen LogP contribution in [0.2, 0.25) is 0 Å². The molecule has 2 aromatic rings. The fourth-order valence-corrected chi connectivity index (χ4v) is 3.11. The summed E-state index contributed by atoms with van der Waals surface area (Å²) in [4.78, 5) is 4.62. The minimum absolute atomic E-state index is 0.875. The van der Waals surface area contributed by atoms with Gasteiger partial charge in [-0.25, -0.2) is 0 Å². The Morgan fingerprint density at radius 2 is 1.67 bits per heavy atom. The lowest BCUT2D eigenvalue weighted by Crippen LogP contribution is -2.45. The minimum Gasteiger partial charge on any atom is -0.495 e. The van der Waals surface area contributed by atoms with Crippen molar-refractivity contribution < 1.29 is 4.74 Å². The molecule has 1 saturated heterocycles. The van der Waals surface area contributed by atoms with Crippen LogP contribution >= 0.6 is 0 Å². The van der Waals surface area contributed by atoms with E-state index >= 15 is 0 Å². The van der Waals surface area contributed by atoms with Crippen LogP contribution in [0, 0.1) is 11.3 Å². The monoisotopic (exact) mass is 319 g/mol. The van der Waals surface area contributed by atoms with Crippen LogP contribution in [0.4, 0.5) is 5.69 Å². The maximum atomic E-state index is 9.15. The molecule has 1 heterocycles. The van der Waals surface area contributed by atoms with Gasteiger partial charge in [0.2, 0.25) is 0 Å². The summed E-state index contributed by atoms with van der Waals surface area (Å²) in [6.45, 7) is 3.55. The fourth-order valence-electron chi connectivity index (χ4n) is 3.11. The number of anilines is 1. The van der Waals surface area contributed by atoms with Gasteiger partial charge < -0.3 is 14.5 Å². The van der Waals surface area contributed by atoms with Gasteiger partial charge in [0.1, 0.15) is 5.75 Å². The number of benzene rings is 2. The number of piperazine rings is 1. The van der Waals surface area contributed by atoms with Gasteiger partial charge in [-0.1, -0.05) is 42.5 Å². The second-order valence-corrected chi connectivity index (χ2v) is 5.67. The topological polar surface area (TPSA) is 39.5 Å². The van der Waals surface area contributed by atoms with Crippen molar-refractivity contribution in [1.82, 2.24) is 4.90 Å². The van der Waals surface area contributed by atoms with Crippen molar-refractivity contribution in [3.63, 3.8) is 0 Å². The number of allylic oxidation sites excluding steroid dienone is 1. The highest BCUT2D eigenvalue weighted by molar-refractivity contribution is 5.67. The van der Waals surface area contributed by atoms with Gasteiger partial charge in [0.25, 0.3) is 0 Å². The summed E-state index contributed by atoms with van der Waals surface area (Å²) in [6.07, 6.45) is 1.65. The van der Waals surface area contributed by atoms with Crippen LogP contribution in [0.15, 0.2) is 60.7 Å². The molecule has 3 rings (SSSR count). The average Bonchev–Trinajstić information content (AvgIpc) is 2.67. The maximum Gasteiger partial charge on any atom is 0.142 e. The van der Waals surface area contributed by atoms with E-state index in [1.807, 2.05) is 36.4 Å². The molecule has 1 fully saturated rings. The van der Waals surface area contributed by atoms with Gasteiger partial charge >= 0.3 is 0 Å². The standard InChI is InChI=1S/C20H21N3O/c1-24-20-10-6-5-9-19(20)23-15-13-22(14-16-23)18(11-12-21)17-7-3-2-4-8-17/h2-11H,13-16H2,1H3/b18-11-. The summed E-state index contributed by atoms with van der Waals surface area (Å²) in [6, 6.07) is 20.4. The zero-order valence-electron chi connectivity index (χ0n) is 13.9. The first kappa shape index (κ1) is 15.9. The van der Waals surface area contributed by atoms with E-state index in [0.717, 1.165) is 48.9 Å². The Hall–Kier alpha value is -2.93. The summed E-state index contributed by atoms with van der Waals surface area (Å²) in [5.41, 5.74) is 3.22. The van der Waals surface area contributed by atoms with E-state index in [2.05, 4.69) is 34.1 Å². The van der Waals surface area contributed by atoms with Crippen molar-refractivity contribution in [2.24, 2.45) is 0 Å². The molecule has 0 radical (unpaired) electrons. The Labute approximate surface area is 143 Å². The lowest BCUT2D eigenvalue weighted by atomic mass is 10.1. The van der Waals surface area contributed by atoms with Crippen LogP contribution < -0.4 is 9.64 Å². The van der Waals surface area contributed by atoms with E-state index in [1.54, 1.807) is 13.2 Å². The van der Waals surface area contributed by atoms with E-state index in [0.29, 0.717) is 0 Å². The SMILES string of the molecule is COc1ccccc1N1CCN(/C(=C\C#N)c2ccccc2)CC1. The van der Waals surface area contributed by atoms with E-state index in [4.69, 9.17) is 10.00 Å². The molecule has 122 valence electrons. The summed E-state index contributed by atoms with van der Waals surface area (Å²) < 4.78 is 5.47. The van der Waals surface area contributed by atoms with Gasteiger partial charge in [-0.2, -0.15) is 5.26 Å². The predicted octanol–water partition coefficient (Wildman–Crippen LogP) is 3.38. The molecule has 1 aliphatic heterocycles. The van der Waals surface area contributed by atoms with Gasteiger partial charge in [0.05, 0.1) is 24.6 Å². The average molecular weight is 319 g/mol. The molecule has 24 heavy (non-hydrogen) atoms. The first-order chi connectivity index (χ1) is 11.8. The smallest absolute Gasteiger partial charge is 0.142 e. The lowest BCUT2D eigenvalue weighted by Gasteiger charge is -2.38. The molecule has 0 amide bonds. The summed E-state index contributed by atoms with van der Waals surface area (Å²) in [5, 5.41) is 9.15. The molecule has 0 N–H and O–H groups in total. The minimum atomic E-state index is 0.875. The summed E-state index contributed by atoms with van der Waals surface area (Å²) in [5.74, 6) is 0.904. The first-order valence-electron chi connectivity index (χ1n) is 8.11. The van der Waals surface area contributed by atoms with E-state index in [9.17, 15) is 0 Å². The first-order valence-corrected chi connectivity index (χ1v) is 8.11. The number of para-hydroxylation sites is 2. The summed E-state index contributed by atoms with van der Waals surface area (Å²) >= 11 is 0. The van der Waals surface area contributed by atoms with Crippen molar-refractivity contribution in [2.75, 3.05) is 38.2 Å². The quantitative estimate of drug-likeness (QED) is 0.810. The van der Waals surface area contributed by atoms with Crippen molar-refractivity contribution in [2.45, 2.75) is 0 Å². The van der Waals surface area contributed by atoms with Crippen LogP contribution in [0.3, 0.4) is 0 Å². The highest BCUT2D eigenvalue weighted by Gasteiger charge is 2.21. The number of hydrogen-bond donors (Lipinski definition) is 0. The van der Waals surface area contributed by atoms with Crippen molar-refractivity contribution in [3.8, 4) is 11.8 Å². The Balaban J connectivity index is 1.74. The maximum absolute atomic E-state index is 9.15. The normalized spacial score (nSPS) is 15.1. The Morgan fingerprint density at radius 3 is 2.33 bits per heavy atom. The molecule has 4 heteroatoms. The van der Waals surface area contributed by atoms with Crippen LogP contribution in [-0.2, 0) is 0 Å². The molecule has 0 atom stereocenters. The number of hydrogen-bond acceptors (Lipinski definition) is 4. The highest BCUT2D eigenvalue weighted by atomic mass is 16.5. The molecule has 0 spiro atoms. The number of nitrogens with zero attached hydrogens (tertiary/aromatic N) is 3. The van der Waals surface area contributed by atoms with Crippen LogP contribution in [0.1, 0.15) is 5.56 Å². The van der Waals surface area contributed by atoms with Crippen molar-refractivity contribution in [1.29, 1.82) is 5.26 Å². The molecule has 0 aromatic heterocycles. The largest absolute Gasteiger partial charge is 0.495 e. The number of methoxy groups -OCH3 is 1. The number of nitriles is 1. The van der Waals surface area contributed by atoms with Gasteiger partial charge in [0.15, 0.2) is 0 Å². The van der Waals surface area contributed by atoms with E-state index < -0.39 is 0 Å². The van der Waals surface area contributed by atoms with E-state index in [1.165, 1.54) is 0 Å². The van der Waals surface area contributed by atoms with Gasteiger partial charge in [-0.3, -0.25) is 0 Å². The van der Waals surface area contributed by atoms with Gasteiger partial charge in [-0.05, 0) is 17.7 Å². The molecule has 0 bridgehead atoms. The zero-order valence-corrected chi connectivity index (χ0v) is 13.9. The molecule has 2 aromatic carbocycles. The molecule has 4 nitrogen and oxygen atoms in total. The molecule has 0 unspecified atom stereocenters. The van der Waals surface area contributed by atoms with Crippen LogP contribution in [0.25, 0.3) is 5.70 Å². The Kier molecular flexibility index (Phi) is 5.02.